The van der Waals surface area contributed by atoms with Crippen LogP contribution in [0, 0.1) is 0 Å². The number of benzene rings is 2. The number of nitrogens with one attached hydrogen (secondary N) is 1. The van der Waals surface area contributed by atoms with Gasteiger partial charge in [-0.1, -0.05) is 23.7 Å². The van der Waals surface area contributed by atoms with Crippen molar-refractivity contribution in [1.29, 1.82) is 0 Å². The fourth-order valence-corrected chi connectivity index (χ4v) is 3.57. The third-order valence-electron chi connectivity index (χ3n) is 3.35. The zero-order valence-electron chi connectivity index (χ0n) is 13.0. The first kappa shape index (κ1) is 17.6. The van der Waals surface area contributed by atoms with E-state index in [0.717, 1.165) is 5.56 Å². The molecule has 0 radical (unpaired) electrons. The molecule has 0 saturated heterocycles. The van der Waals surface area contributed by atoms with Gasteiger partial charge in [0.05, 0.1) is 19.1 Å². The van der Waals surface area contributed by atoms with Gasteiger partial charge in [0.15, 0.2) is 11.5 Å². The number of hydrogen-bond acceptors (Lipinski definition) is 4. The number of hydrogen-bond donors (Lipinski definition) is 1. The molecule has 0 fully saturated rings. The lowest BCUT2D eigenvalue weighted by Gasteiger charge is -2.16. The minimum Gasteiger partial charge on any atom is -0.493 e. The van der Waals surface area contributed by atoms with Crippen LogP contribution in [0.3, 0.4) is 0 Å². The van der Waals surface area contributed by atoms with Crippen molar-refractivity contribution in [3.63, 3.8) is 0 Å². The fraction of sp³-hybridized carbons (Fsp3) is 0.250. The lowest BCUT2D eigenvalue weighted by Crippen LogP contribution is -2.26. The molecule has 0 spiro atoms. The molecule has 0 aliphatic rings. The first-order valence-corrected chi connectivity index (χ1v) is 8.73. The second kappa shape index (κ2) is 7.21. The highest BCUT2D eigenvalue weighted by Crippen LogP contribution is 2.30. The maximum absolute atomic E-state index is 12.5. The molecule has 23 heavy (non-hydrogen) atoms. The summed E-state index contributed by atoms with van der Waals surface area (Å²) in [7, 11) is -0.761. The fourth-order valence-electron chi connectivity index (χ4n) is 2.13. The van der Waals surface area contributed by atoms with Crippen LogP contribution in [0.5, 0.6) is 11.5 Å². The van der Waals surface area contributed by atoms with Crippen molar-refractivity contribution in [3.8, 4) is 11.5 Å². The van der Waals surface area contributed by atoms with Crippen LogP contribution in [0.2, 0.25) is 5.02 Å². The Kier molecular flexibility index (Phi) is 5.51. The van der Waals surface area contributed by atoms with E-state index in [1.807, 2.05) is 6.07 Å². The van der Waals surface area contributed by atoms with E-state index in [-0.39, 0.29) is 4.90 Å². The van der Waals surface area contributed by atoms with Crippen LogP contribution in [-0.2, 0) is 10.0 Å². The zero-order chi connectivity index (χ0) is 17.0. The van der Waals surface area contributed by atoms with Gasteiger partial charge in [-0.2, -0.15) is 0 Å². The van der Waals surface area contributed by atoms with Crippen LogP contribution < -0.4 is 14.2 Å². The van der Waals surface area contributed by atoms with E-state index < -0.39 is 16.1 Å². The third kappa shape index (κ3) is 4.16. The molecular formula is C16H18ClNO4S. The lowest BCUT2D eigenvalue weighted by atomic mass is 10.1. The predicted molar refractivity (Wildman–Crippen MR) is 89.7 cm³/mol. The molecule has 7 heteroatoms. The molecular weight excluding hydrogens is 338 g/mol. The van der Waals surface area contributed by atoms with Gasteiger partial charge >= 0.3 is 0 Å². The van der Waals surface area contributed by atoms with Crippen molar-refractivity contribution in [2.24, 2.45) is 0 Å². The Morgan fingerprint density at radius 3 is 2.35 bits per heavy atom. The summed E-state index contributed by atoms with van der Waals surface area (Å²) in [6.07, 6.45) is 0. The van der Waals surface area contributed by atoms with Crippen molar-refractivity contribution in [1.82, 2.24) is 4.72 Å². The first-order chi connectivity index (χ1) is 10.9. The van der Waals surface area contributed by atoms with Gasteiger partial charge < -0.3 is 9.47 Å². The summed E-state index contributed by atoms with van der Waals surface area (Å²) in [5.74, 6) is 0.820. The molecule has 2 aromatic carbocycles. The van der Waals surface area contributed by atoms with E-state index in [1.54, 1.807) is 31.2 Å². The smallest absolute Gasteiger partial charge is 0.241 e. The highest BCUT2D eigenvalue weighted by atomic mass is 35.5. The first-order valence-electron chi connectivity index (χ1n) is 6.87. The molecule has 2 aromatic rings. The minimum atomic E-state index is -3.71. The second-order valence-corrected chi connectivity index (χ2v) is 7.07. The Morgan fingerprint density at radius 1 is 1.04 bits per heavy atom. The molecule has 0 unspecified atom stereocenters. The normalized spacial score (nSPS) is 12.7. The molecule has 1 atom stereocenters. The van der Waals surface area contributed by atoms with Crippen molar-refractivity contribution in [3.05, 3.63) is 53.1 Å². The number of ether oxygens (including phenoxy) is 2. The van der Waals surface area contributed by atoms with Crippen LogP contribution in [0.15, 0.2) is 47.4 Å². The monoisotopic (exact) mass is 355 g/mol. The summed E-state index contributed by atoms with van der Waals surface area (Å²) < 4.78 is 37.9. The van der Waals surface area contributed by atoms with Crippen LogP contribution in [0.4, 0.5) is 0 Å². The standard InChI is InChI=1S/C16H18ClNO4S/c1-11(12-5-4-6-13(17)9-12)18-23(19,20)14-7-8-15(21-2)16(10-14)22-3/h4-11,18H,1-3H3/t11-/m0/s1. The van der Waals surface area contributed by atoms with Gasteiger partial charge in [-0.05, 0) is 36.8 Å². The van der Waals surface area contributed by atoms with Gasteiger partial charge in [0, 0.05) is 17.1 Å². The SMILES string of the molecule is COc1ccc(S(=O)(=O)N[C@@H](C)c2cccc(Cl)c2)cc1OC. The average Bonchev–Trinajstić information content (AvgIpc) is 2.53. The molecule has 2 rings (SSSR count). The number of methoxy groups -OCH3 is 2. The molecule has 0 aromatic heterocycles. The molecule has 0 bridgehead atoms. The van der Waals surface area contributed by atoms with Crippen LogP contribution in [-0.4, -0.2) is 22.6 Å². The molecule has 0 saturated carbocycles. The van der Waals surface area contributed by atoms with Gasteiger partial charge in [0.25, 0.3) is 0 Å². The Morgan fingerprint density at radius 2 is 1.74 bits per heavy atom. The van der Waals surface area contributed by atoms with Gasteiger partial charge in [0.2, 0.25) is 10.0 Å². The molecule has 0 aliphatic carbocycles. The highest BCUT2D eigenvalue weighted by molar-refractivity contribution is 7.89. The quantitative estimate of drug-likeness (QED) is 0.862. The summed E-state index contributed by atoms with van der Waals surface area (Å²) in [6.45, 7) is 1.75. The number of halogens is 1. The van der Waals surface area contributed by atoms with Crippen molar-refractivity contribution in [2.45, 2.75) is 17.9 Å². The highest BCUT2D eigenvalue weighted by Gasteiger charge is 2.20. The van der Waals surface area contributed by atoms with Gasteiger partial charge in [-0.15, -0.1) is 0 Å². The van der Waals surface area contributed by atoms with E-state index in [1.165, 1.54) is 26.4 Å². The molecule has 0 aliphatic heterocycles. The molecule has 5 nitrogen and oxygen atoms in total. The van der Waals surface area contributed by atoms with Crippen LogP contribution in [0.25, 0.3) is 0 Å². The summed E-state index contributed by atoms with van der Waals surface area (Å²) >= 11 is 5.94. The van der Waals surface area contributed by atoms with E-state index >= 15 is 0 Å². The van der Waals surface area contributed by atoms with E-state index in [2.05, 4.69) is 4.72 Å². The molecule has 0 heterocycles. The zero-order valence-corrected chi connectivity index (χ0v) is 14.6. The van der Waals surface area contributed by atoms with E-state index in [9.17, 15) is 8.42 Å². The lowest BCUT2D eigenvalue weighted by molar-refractivity contribution is 0.354. The summed E-state index contributed by atoms with van der Waals surface area (Å²) in [5, 5.41) is 0.555. The second-order valence-electron chi connectivity index (χ2n) is 4.91. The third-order valence-corrected chi connectivity index (χ3v) is 5.12. The Bertz CT molecular complexity index is 792. The predicted octanol–water partition coefficient (Wildman–Crippen LogP) is 3.40. The number of rotatable bonds is 6. The number of sulfonamides is 1. The summed E-state index contributed by atoms with van der Waals surface area (Å²) in [6, 6.07) is 11.1. The van der Waals surface area contributed by atoms with Gasteiger partial charge in [-0.3, -0.25) is 0 Å². The van der Waals surface area contributed by atoms with Crippen molar-refractivity contribution in [2.75, 3.05) is 14.2 Å². The van der Waals surface area contributed by atoms with Crippen molar-refractivity contribution >= 4 is 21.6 Å². The Labute approximate surface area is 141 Å². The van der Waals surface area contributed by atoms with Gasteiger partial charge in [-0.25, -0.2) is 13.1 Å². The van der Waals surface area contributed by atoms with Crippen LogP contribution >= 0.6 is 11.6 Å². The summed E-state index contributed by atoms with van der Waals surface area (Å²) in [5.41, 5.74) is 0.779. The van der Waals surface area contributed by atoms with Gasteiger partial charge in [0.1, 0.15) is 0 Å². The van der Waals surface area contributed by atoms with E-state index in [0.29, 0.717) is 16.5 Å². The maximum atomic E-state index is 12.5. The Hall–Kier alpha value is -1.76. The van der Waals surface area contributed by atoms with Crippen LogP contribution in [0.1, 0.15) is 18.5 Å². The molecule has 124 valence electrons. The Balaban J connectivity index is 2.28. The topological polar surface area (TPSA) is 64.6 Å². The average molecular weight is 356 g/mol. The molecule has 1 N–H and O–H groups in total. The minimum absolute atomic E-state index is 0.101. The largest absolute Gasteiger partial charge is 0.493 e. The molecule has 0 amide bonds. The van der Waals surface area contributed by atoms with Crippen molar-refractivity contribution < 1.29 is 17.9 Å². The maximum Gasteiger partial charge on any atom is 0.241 e. The summed E-state index contributed by atoms with van der Waals surface area (Å²) in [4.78, 5) is 0.101. The van der Waals surface area contributed by atoms with E-state index in [4.69, 9.17) is 21.1 Å².